The summed E-state index contributed by atoms with van der Waals surface area (Å²) in [6, 6.07) is 7.77. The quantitative estimate of drug-likeness (QED) is 0.692. The van der Waals surface area contributed by atoms with E-state index >= 15 is 0 Å². The van der Waals surface area contributed by atoms with Crippen LogP contribution in [-0.2, 0) is 6.54 Å². The van der Waals surface area contributed by atoms with Gasteiger partial charge in [0.15, 0.2) is 0 Å². The summed E-state index contributed by atoms with van der Waals surface area (Å²) in [7, 11) is 0. The van der Waals surface area contributed by atoms with E-state index < -0.39 is 10.9 Å². The normalized spacial score (nSPS) is 10.4. The van der Waals surface area contributed by atoms with Gasteiger partial charge in [0, 0.05) is 18.8 Å². The van der Waals surface area contributed by atoms with Crippen molar-refractivity contribution in [1.29, 1.82) is 0 Å². The lowest BCUT2D eigenvalue weighted by Crippen LogP contribution is -2.09. The minimum absolute atomic E-state index is 0.0402. The number of nitro benzene ring substituents is 1. The third kappa shape index (κ3) is 2.65. The fraction of sp³-hybridized carbons (Fsp3) is 0.0833. The Morgan fingerprint density at radius 3 is 2.74 bits per heavy atom. The number of aromatic nitrogens is 1. The molecule has 98 valence electrons. The van der Waals surface area contributed by atoms with Crippen LogP contribution in [0.3, 0.4) is 0 Å². The van der Waals surface area contributed by atoms with Gasteiger partial charge in [-0.15, -0.1) is 0 Å². The van der Waals surface area contributed by atoms with Gasteiger partial charge in [-0.2, -0.15) is 0 Å². The molecular formula is C12H9BrN2O4. The van der Waals surface area contributed by atoms with Crippen LogP contribution in [0.5, 0.6) is 0 Å². The fourth-order valence-electron chi connectivity index (χ4n) is 1.76. The van der Waals surface area contributed by atoms with Crippen molar-refractivity contribution in [3.05, 3.63) is 62.4 Å². The van der Waals surface area contributed by atoms with Crippen molar-refractivity contribution < 1.29 is 14.8 Å². The Morgan fingerprint density at radius 1 is 1.37 bits per heavy atom. The fourth-order valence-corrected chi connectivity index (χ4v) is 2.29. The van der Waals surface area contributed by atoms with E-state index in [1.807, 2.05) is 0 Å². The summed E-state index contributed by atoms with van der Waals surface area (Å²) < 4.78 is 1.89. The molecular weight excluding hydrogens is 316 g/mol. The molecule has 0 radical (unpaired) electrons. The largest absolute Gasteiger partial charge is 0.477 e. The van der Waals surface area contributed by atoms with Gasteiger partial charge in [-0.1, -0.05) is 12.1 Å². The molecule has 0 aliphatic carbocycles. The highest BCUT2D eigenvalue weighted by molar-refractivity contribution is 9.10. The summed E-state index contributed by atoms with van der Waals surface area (Å²) in [6.45, 7) is 0.247. The lowest BCUT2D eigenvalue weighted by atomic mass is 10.2. The van der Waals surface area contributed by atoms with Gasteiger partial charge in [0.05, 0.1) is 4.92 Å². The molecule has 6 nitrogen and oxygen atoms in total. The molecule has 0 spiro atoms. The summed E-state index contributed by atoms with van der Waals surface area (Å²) in [6.07, 6.45) is 1.62. The van der Waals surface area contributed by atoms with Gasteiger partial charge in [-0.05, 0) is 33.6 Å². The number of nitrogens with zero attached hydrogens (tertiary/aromatic N) is 2. The van der Waals surface area contributed by atoms with E-state index in [9.17, 15) is 14.9 Å². The van der Waals surface area contributed by atoms with E-state index in [1.165, 1.54) is 16.7 Å². The Hall–Kier alpha value is -2.15. The molecule has 1 heterocycles. The van der Waals surface area contributed by atoms with E-state index in [0.717, 1.165) is 0 Å². The van der Waals surface area contributed by atoms with Gasteiger partial charge in [0.25, 0.3) is 5.69 Å². The van der Waals surface area contributed by atoms with Crippen LogP contribution < -0.4 is 0 Å². The summed E-state index contributed by atoms with van der Waals surface area (Å²) in [5.74, 6) is -1.04. The van der Waals surface area contributed by atoms with Crippen LogP contribution in [0.1, 0.15) is 16.1 Å². The van der Waals surface area contributed by atoms with Crippen molar-refractivity contribution in [2.75, 3.05) is 0 Å². The third-order valence-electron chi connectivity index (χ3n) is 2.64. The average molecular weight is 325 g/mol. The summed E-state index contributed by atoms with van der Waals surface area (Å²) in [4.78, 5) is 21.3. The van der Waals surface area contributed by atoms with Crippen molar-refractivity contribution in [1.82, 2.24) is 4.57 Å². The van der Waals surface area contributed by atoms with E-state index in [1.54, 1.807) is 24.4 Å². The number of carbonyl (C=O) groups is 1. The lowest BCUT2D eigenvalue weighted by molar-refractivity contribution is -0.385. The van der Waals surface area contributed by atoms with Crippen LogP contribution >= 0.6 is 15.9 Å². The first-order valence-electron chi connectivity index (χ1n) is 5.31. The van der Waals surface area contributed by atoms with Crippen LogP contribution in [0.4, 0.5) is 5.69 Å². The Morgan fingerprint density at radius 2 is 2.11 bits per heavy atom. The van der Waals surface area contributed by atoms with Gasteiger partial charge < -0.3 is 9.67 Å². The number of halogens is 1. The highest BCUT2D eigenvalue weighted by Crippen LogP contribution is 2.29. The molecule has 2 rings (SSSR count). The number of benzene rings is 1. The molecule has 19 heavy (non-hydrogen) atoms. The first-order valence-corrected chi connectivity index (χ1v) is 6.10. The molecule has 0 amide bonds. The average Bonchev–Trinajstić information content (AvgIpc) is 2.79. The van der Waals surface area contributed by atoms with E-state index in [0.29, 0.717) is 10.0 Å². The predicted octanol–water partition coefficient (Wildman–Crippen LogP) is 2.91. The van der Waals surface area contributed by atoms with Gasteiger partial charge >= 0.3 is 5.97 Å². The van der Waals surface area contributed by atoms with Gasteiger partial charge in [0.2, 0.25) is 0 Å². The van der Waals surface area contributed by atoms with Crippen molar-refractivity contribution >= 4 is 27.6 Å². The van der Waals surface area contributed by atoms with Gasteiger partial charge in [-0.3, -0.25) is 10.1 Å². The molecule has 0 aliphatic rings. The summed E-state index contributed by atoms with van der Waals surface area (Å²) in [5.41, 5.74) is 0.743. The SMILES string of the molecule is O=C(O)c1cccn1Cc1cccc([N+](=O)[O-])c1Br. The summed E-state index contributed by atoms with van der Waals surface area (Å²) in [5, 5.41) is 19.8. The highest BCUT2D eigenvalue weighted by atomic mass is 79.9. The Kier molecular flexibility index (Phi) is 3.66. The van der Waals surface area contributed by atoms with Crippen LogP contribution in [0.2, 0.25) is 0 Å². The summed E-state index contributed by atoms with van der Waals surface area (Å²) >= 11 is 3.19. The molecule has 2 aromatic rings. The molecule has 1 aromatic carbocycles. The molecule has 0 fully saturated rings. The number of carboxylic acids is 1. The Balaban J connectivity index is 2.39. The van der Waals surface area contributed by atoms with Crippen LogP contribution in [0, 0.1) is 10.1 Å². The van der Waals surface area contributed by atoms with Crippen LogP contribution in [0.15, 0.2) is 41.0 Å². The monoisotopic (exact) mass is 324 g/mol. The maximum Gasteiger partial charge on any atom is 0.352 e. The molecule has 1 N–H and O–H groups in total. The Labute approximate surface area is 116 Å². The number of hydrogen-bond donors (Lipinski definition) is 1. The number of rotatable bonds is 4. The van der Waals surface area contributed by atoms with Gasteiger partial charge in [0.1, 0.15) is 10.2 Å². The molecule has 7 heteroatoms. The lowest BCUT2D eigenvalue weighted by Gasteiger charge is -2.08. The van der Waals surface area contributed by atoms with Crippen molar-refractivity contribution in [3.8, 4) is 0 Å². The van der Waals surface area contributed by atoms with Gasteiger partial charge in [-0.25, -0.2) is 4.79 Å². The Bertz CT molecular complexity index is 651. The second kappa shape index (κ2) is 5.23. The van der Waals surface area contributed by atoms with Crippen LogP contribution in [-0.4, -0.2) is 20.6 Å². The molecule has 0 atom stereocenters. The highest BCUT2D eigenvalue weighted by Gasteiger charge is 2.16. The number of carboxylic acid groups (broad SMARTS) is 1. The number of aromatic carboxylic acids is 1. The molecule has 0 aliphatic heterocycles. The predicted molar refractivity (Wildman–Crippen MR) is 71.3 cm³/mol. The van der Waals surface area contributed by atoms with E-state index in [2.05, 4.69) is 15.9 Å². The minimum Gasteiger partial charge on any atom is -0.477 e. The molecule has 1 aromatic heterocycles. The zero-order valence-corrected chi connectivity index (χ0v) is 11.2. The smallest absolute Gasteiger partial charge is 0.352 e. The first-order chi connectivity index (χ1) is 9.00. The molecule has 0 bridgehead atoms. The topological polar surface area (TPSA) is 85.4 Å². The third-order valence-corrected chi connectivity index (χ3v) is 3.56. The second-order valence-electron chi connectivity index (χ2n) is 3.83. The zero-order valence-electron chi connectivity index (χ0n) is 9.62. The molecule has 0 unspecified atom stereocenters. The first kappa shape index (κ1) is 13.3. The maximum atomic E-state index is 11.0. The maximum absolute atomic E-state index is 11.0. The van der Waals surface area contributed by atoms with Crippen molar-refractivity contribution in [2.24, 2.45) is 0 Å². The second-order valence-corrected chi connectivity index (χ2v) is 4.63. The zero-order chi connectivity index (χ0) is 14.0. The molecule has 0 saturated heterocycles. The molecule has 0 saturated carbocycles. The van der Waals surface area contributed by atoms with Crippen molar-refractivity contribution in [2.45, 2.75) is 6.54 Å². The van der Waals surface area contributed by atoms with E-state index in [4.69, 9.17) is 5.11 Å². The van der Waals surface area contributed by atoms with Crippen molar-refractivity contribution in [3.63, 3.8) is 0 Å². The number of hydrogen-bond acceptors (Lipinski definition) is 3. The van der Waals surface area contributed by atoms with Crippen LogP contribution in [0.25, 0.3) is 0 Å². The number of nitro groups is 1. The van der Waals surface area contributed by atoms with E-state index in [-0.39, 0.29) is 17.9 Å². The minimum atomic E-state index is -1.04. The standard InChI is InChI=1S/C12H9BrN2O4/c13-11-8(3-1-4-9(11)15(18)19)7-14-6-2-5-10(14)12(16)17/h1-6H,7H2,(H,16,17).